The summed E-state index contributed by atoms with van der Waals surface area (Å²) in [5.74, 6) is 0. The van der Waals surface area contributed by atoms with Crippen LogP contribution in [0.15, 0.2) is 6.07 Å². The molecule has 0 aliphatic rings. The van der Waals surface area contributed by atoms with E-state index in [1.807, 2.05) is 6.92 Å². The summed E-state index contributed by atoms with van der Waals surface area (Å²) in [4.78, 5) is 6.74. The predicted octanol–water partition coefficient (Wildman–Crippen LogP) is 2.22. The summed E-state index contributed by atoms with van der Waals surface area (Å²) >= 11 is 0. The van der Waals surface area contributed by atoms with Gasteiger partial charge in [-0.2, -0.15) is 0 Å². The largest absolute Gasteiger partial charge is 0.309 e. The highest BCUT2D eigenvalue weighted by Gasteiger charge is 2.12. The van der Waals surface area contributed by atoms with E-state index in [2.05, 4.69) is 56.1 Å². The average Bonchev–Trinajstić information content (AvgIpc) is 2.14. The van der Waals surface area contributed by atoms with Crippen LogP contribution in [0.3, 0.4) is 0 Å². The fraction of sp³-hybridized carbons (Fsp3) is 0.643. The Kier molecular flexibility index (Phi) is 5.09. The zero-order valence-corrected chi connectivity index (χ0v) is 12.0. The summed E-state index contributed by atoms with van der Waals surface area (Å²) in [5, 5.41) is 3.55. The lowest BCUT2D eigenvalue weighted by Gasteiger charge is -2.20. The first kappa shape index (κ1) is 14.1. The van der Waals surface area contributed by atoms with E-state index in [0.717, 1.165) is 24.5 Å². The van der Waals surface area contributed by atoms with Crippen LogP contribution in [0.4, 0.5) is 0 Å². The number of aromatic nitrogens is 1. The second-order valence-corrected chi connectivity index (χ2v) is 5.06. The monoisotopic (exact) mass is 235 g/mol. The average molecular weight is 235 g/mol. The summed E-state index contributed by atoms with van der Waals surface area (Å²) in [5.41, 5.74) is 4.92. The molecule has 0 radical (unpaired) electrons. The third kappa shape index (κ3) is 4.10. The van der Waals surface area contributed by atoms with E-state index in [1.165, 1.54) is 11.1 Å². The van der Waals surface area contributed by atoms with Gasteiger partial charge in [0, 0.05) is 30.5 Å². The van der Waals surface area contributed by atoms with Crippen LogP contribution in [0.5, 0.6) is 0 Å². The Morgan fingerprint density at radius 3 is 2.47 bits per heavy atom. The first-order valence-corrected chi connectivity index (χ1v) is 6.24. The maximum absolute atomic E-state index is 4.55. The molecule has 17 heavy (non-hydrogen) atoms. The molecule has 0 saturated heterocycles. The molecule has 0 aromatic carbocycles. The number of nitrogens with one attached hydrogen (secondary N) is 1. The van der Waals surface area contributed by atoms with Gasteiger partial charge in [0.1, 0.15) is 0 Å². The van der Waals surface area contributed by atoms with E-state index < -0.39 is 0 Å². The van der Waals surface area contributed by atoms with Gasteiger partial charge in [-0.15, -0.1) is 0 Å². The van der Waals surface area contributed by atoms with Crippen molar-refractivity contribution in [3.05, 3.63) is 28.6 Å². The van der Waals surface area contributed by atoms with E-state index >= 15 is 0 Å². The van der Waals surface area contributed by atoms with Crippen molar-refractivity contribution in [2.45, 2.75) is 33.7 Å². The van der Waals surface area contributed by atoms with Crippen molar-refractivity contribution >= 4 is 0 Å². The van der Waals surface area contributed by atoms with Gasteiger partial charge in [0.05, 0.1) is 0 Å². The van der Waals surface area contributed by atoms with Crippen LogP contribution in [0.2, 0.25) is 0 Å². The molecule has 1 atom stereocenters. The standard InChI is InChI=1S/C14H25N3/c1-10-9-11(2)16-13(4)14(10)12(3)15-7-8-17(5)6/h9,12,15H,7-8H2,1-6H3. The van der Waals surface area contributed by atoms with E-state index in [0.29, 0.717) is 6.04 Å². The topological polar surface area (TPSA) is 28.2 Å². The smallest absolute Gasteiger partial charge is 0.0426 e. The second kappa shape index (κ2) is 6.12. The third-order valence-electron chi connectivity index (χ3n) is 3.03. The molecule has 0 spiro atoms. The van der Waals surface area contributed by atoms with Crippen LogP contribution in [0.1, 0.15) is 35.5 Å². The lowest BCUT2D eigenvalue weighted by Crippen LogP contribution is -2.29. The minimum Gasteiger partial charge on any atom is -0.309 e. The van der Waals surface area contributed by atoms with Crippen molar-refractivity contribution in [3.8, 4) is 0 Å². The molecule has 3 heteroatoms. The number of pyridine rings is 1. The van der Waals surface area contributed by atoms with Crippen molar-refractivity contribution in [2.75, 3.05) is 27.2 Å². The van der Waals surface area contributed by atoms with Crippen LogP contribution >= 0.6 is 0 Å². The molecule has 1 N–H and O–H groups in total. The number of hydrogen-bond donors (Lipinski definition) is 1. The summed E-state index contributed by atoms with van der Waals surface area (Å²) < 4.78 is 0. The van der Waals surface area contributed by atoms with Crippen molar-refractivity contribution in [1.29, 1.82) is 0 Å². The molecule has 1 aromatic heterocycles. The molecule has 0 aliphatic carbocycles. The minimum absolute atomic E-state index is 0.364. The van der Waals surface area contributed by atoms with E-state index in [1.54, 1.807) is 0 Å². The van der Waals surface area contributed by atoms with Gasteiger partial charge in [-0.3, -0.25) is 4.98 Å². The zero-order chi connectivity index (χ0) is 13.0. The Labute approximate surface area is 105 Å². The molecule has 0 saturated carbocycles. The van der Waals surface area contributed by atoms with Gasteiger partial charge < -0.3 is 10.2 Å². The number of aryl methyl sites for hydroxylation is 3. The normalized spacial score (nSPS) is 13.1. The Hall–Kier alpha value is -0.930. The van der Waals surface area contributed by atoms with Crippen molar-refractivity contribution < 1.29 is 0 Å². The van der Waals surface area contributed by atoms with Gasteiger partial charge in [-0.25, -0.2) is 0 Å². The fourth-order valence-corrected chi connectivity index (χ4v) is 2.30. The van der Waals surface area contributed by atoms with Crippen molar-refractivity contribution in [1.82, 2.24) is 15.2 Å². The predicted molar refractivity (Wildman–Crippen MR) is 73.4 cm³/mol. The number of likely N-dealkylation sites (N-methyl/N-ethyl adjacent to an activating group) is 1. The molecule has 1 heterocycles. The molecular formula is C14H25N3. The van der Waals surface area contributed by atoms with E-state index in [4.69, 9.17) is 0 Å². The molecule has 1 aromatic rings. The molecular weight excluding hydrogens is 210 g/mol. The first-order chi connectivity index (χ1) is 7.91. The van der Waals surface area contributed by atoms with Crippen LogP contribution in [0.25, 0.3) is 0 Å². The SMILES string of the molecule is Cc1cc(C)c(C(C)NCCN(C)C)c(C)n1. The highest BCUT2D eigenvalue weighted by Crippen LogP contribution is 2.20. The number of hydrogen-bond acceptors (Lipinski definition) is 3. The van der Waals surface area contributed by atoms with Gasteiger partial charge in [-0.1, -0.05) is 0 Å². The third-order valence-corrected chi connectivity index (χ3v) is 3.03. The highest BCUT2D eigenvalue weighted by molar-refractivity contribution is 5.33. The van der Waals surface area contributed by atoms with Gasteiger partial charge in [0.15, 0.2) is 0 Å². The van der Waals surface area contributed by atoms with Crippen molar-refractivity contribution in [2.24, 2.45) is 0 Å². The molecule has 0 aliphatic heterocycles. The summed E-state index contributed by atoms with van der Waals surface area (Å²) in [7, 11) is 4.19. The van der Waals surface area contributed by atoms with Gasteiger partial charge in [-0.05, 0) is 59.0 Å². The minimum atomic E-state index is 0.364. The summed E-state index contributed by atoms with van der Waals surface area (Å²) in [6.45, 7) is 10.6. The molecule has 0 amide bonds. The number of nitrogens with zero attached hydrogens (tertiary/aromatic N) is 2. The van der Waals surface area contributed by atoms with Gasteiger partial charge in [0.2, 0.25) is 0 Å². The molecule has 3 nitrogen and oxygen atoms in total. The molecule has 0 fully saturated rings. The Bertz CT molecular complexity index is 349. The highest BCUT2D eigenvalue weighted by atomic mass is 15.1. The molecule has 96 valence electrons. The van der Waals surface area contributed by atoms with Crippen molar-refractivity contribution in [3.63, 3.8) is 0 Å². The van der Waals surface area contributed by atoms with Gasteiger partial charge in [0.25, 0.3) is 0 Å². The zero-order valence-electron chi connectivity index (χ0n) is 12.0. The summed E-state index contributed by atoms with van der Waals surface area (Å²) in [6.07, 6.45) is 0. The molecule has 1 unspecified atom stereocenters. The first-order valence-electron chi connectivity index (χ1n) is 6.24. The van der Waals surface area contributed by atoms with Gasteiger partial charge >= 0.3 is 0 Å². The van der Waals surface area contributed by atoms with E-state index in [-0.39, 0.29) is 0 Å². The maximum atomic E-state index is 4.55. The Morgan fingerprint density at radius 2 is 1.94 bits per heavy atom. The Balaban J connectivity index is 2.72. The summed E-state index contributed by atoms with van der Waals surface area (Å²) in [6, 6.07) is 2.52. The Morgan fingerprint density at radius 1 is 1.29 bits per heavy atom. The molecule has 0 bridgehead atoms. The van der Waals surface area contributed by atoms with Crippen LogP contribution in [-0.4, -0.2) is 37.1 Å². The van der Waals surface area contributed by atoms with Crippen LogP contribution in [-0.2, 0) is 0 Å². The maximum Gasteiger partial charge on any atom is 0.0426 e. The van der Waals surface area contributed by atoms with Crippen LogP contribution < -0.4 is 5.32 Å². The molecule has 1 rings (SSSR count). The fourth-order valence-electron chi connectivity index (χ4n) is 2.30. The van der Waals surface area contributed by atoms with E-state index in [9.17, 15) is 0 Å². The number of rotatable bonds is 5. The quantitative estimate of drug-likeness (QED) is 0.848. The van der Waals surface area contributed by atoms with Crippen LogP contribution in [0, 0.1) is 20.8 Å². The second-order valence-electron chi connectivity index (χ2n) is 5.06. The lowest BCUT2D eigenvalue weighted by atomic mass is 10.0. The lowest BCUT2D eigenvalue weighted by molar-refractivity contribution is 0.388.